The molecule has 1 fully saturated rings. The van der Waals surface area contributed by atoms with E-state index >= 15 is 0 Å². The van der Waals surface area contributed by atoms with Gasteiger partial charge in [-0.1, -0.05) is 13.8 Å². The topological polar surface area (TPSA) is 114 Å². The second kappa shape index (κ2) is 6.81. The lowest BCUT2D eigenvalue weighted by Crippen LogP contribution is -2.53. The van der Waals surface area contributed by atoms with Crippen LogP contribution in [-0.2, 0) is 13.8 Å². The van der Waals surface area contributed by atoms with Crippen molar-refractivity contribution in [3.8, 4) is 0 Å². The maximum Gasteiger partial charge on any atom is 0.694 e. The van der Waals surface area contributed by atoms with Crippen LogP contribution in [0.1, 0.15) is 20.3 Å². The molecule has 2 rings (SSSR count). The zero-order chi connectivity index (χ0) is 15.6. The van der Waals surface area contributed by atoms with Crippen LogP contribution in [0.25, 0.3) is 0 Å². The van der Waals surface area contributed by atoms with Crippen molar-refractivity contribution in [2.24, 2.45) is 17.6 Å². The van der Waals surface area contributed by atoms with Gasteiger partial charge in [0.2, 0.25) is 0 Å². The van der Waals surface area contributed by atoms with Gasteiger partial charge in [-0.3, -0.25) is 4.90 Å². The first-order chi connectivity index (χ1) is 9.93. The second-order valence-corrected chi connectivity index (χ2v) is 5.99. The number of nitrogens with two attached hydrogens (primary N) is 1. The number of carbonyl (C=O) groups excluding carboxylic acids is 1. The molecule has 8 nitrogen and oxygen atoms in total. The lowest BCUT2D eigenvalue weighted by molar-refractivity contribution is -0.0478. The van der Waals surface area contributed by atoms with Gasteiger partial charge >= 0.3 is 14.3 Å². The minimum absolute atomic E-state index is 0.0263. The van der Waals surface area contributed by atoms with Crippen LogP contribution in [0.5, 0.6) is 0 Å². The number of urea groups is 1. The normalized spacial score (nSPS) is 36.8. The van der Waals surface area contributed by atoms with Gasteiger partial charge in [0.25, 0.3) is 0 Å². The van der Waals surface area contributed by atoms with Gasteiger partial charge in [-0.15, -0.1) is 9.42 Å². The van der Waals surface area contributed by atoms with Crippen molar-refractivity contribution in [3.05, 3.63) is 12.3 Å². The Labute approximate surface area is 124 Å². The zero-order valence-corrected chi connectivity index (χ0v) is 12.9. The summed E-state index contributed by atoms with van der Waals surface area (Å²) in [6.07, 6.45) is 2.86. The molecule has 0 aliphatic carbocycles. The summed E-state index contributed by atoms with van der Waals surface area (Å²) in [5, 5.41) is 2.61. The van der Waals surface area contributed by atoms with E-state index in [0.29, 0.717) is 0 Å². The van der Waals surface area contributed by atoms with E-state index in [2.05, 4.69) is 5.32 Å². The van der Waals surface area contributed by atoms with Crippen molar-refractivity contribution in [1.29, 1.82) is 0 Å². The summed E-state index contributed by atoms with van der Waals surface area (Å²) in [7, 11) is -2.65. The number of ether oxygens (including phenoxy) is 1. The zero-order valence-electron chi connectivity index (χ0n) is 12.0. The first kappa shape index (κ1) is 16.3. The Morgan fingerprint density at radius 3 is 2.90 bits per heavy atom. The van der Waals surface area contributed by atoms with Crippen molar-refractivity contribution < 1.29 is 23.5 Å². The van der Waals surface area contributed by atoms with Crippen LogP contribution >= 0.6 is 8.25 Å². The van der Waals surface area contributed by atoms with Crippen molar-refractivity contribution in [1.82, 2.24) is 10.2 Å². The largest absolute Gasteiger partial charge is 0.694 e. The number of nitrogens with one attached hydrogen (secondary N) is 1. The van der Waals surface area contributed by atoms with Crippen molar-refractivity contribution in [3.63, 3.8) is 0 Å². The molecule has 4 N–H and O–H groups in total. The first-order valence-electron chi connectivity index (χ1n) is 6.91. The Bertz CT molecular complexity index is 447. The highest BCUT2D eigenvalue weighted by molar-refractivity contribution is 7.32. The molecule has 2 heterocycles. The lowest BCUT2D eigenvalue weighted by Gasteiger charge is -2.33. The second-order valence-electron chi connectivity index (χ2n) is 5.25. The summed E-state index contributed by atoms with van der Waals surface area (Å²) in [5.74, 6) is 0.214. The van der Waals surface area contributed by atoms with E-state index in [1.807, 2.05) is 13.8 Å². The minimum atomic E-state index is -2.65. The van der Waals surface area contributed by atoms with Crippen LogP contribution in [0.3, 0.4) is 0 Å². The molecule has 21 heavy (non-hydrogen) atoms. The van der Waals surface area contributed by atoms with Crippen LogP contribution in [0, 0.1) is 11.8 Å². The van der Waals surface area contributed by atoms with E-state index in [1.165, 1.54) is 4.90 Å². The molecule has 0 aromatic rings. The highest BCUT2D eigenvalue weighted by Gasteiger charge is 2.46. The van der Waals surface area contributed by atoms with Crippen LogP contribution in [-0.4, -0.2) is 40.9 Å². The Morgan fingerprint density at radius 1 is 1.62 bits per heavy atom. The molecule has 118 valence electrons. The molecule has 9 heteroatoms. The molecule has 0 saturated carbocycles. The molecule has 2 amide bonds. The molecule has 6 atom stereocenters. The van der Waals surface area contributed by atoms with Gasteiger partial charge in [-0.05, 0) is 18.4 Å². The van der Waals surface area contributed by atoms with Gasteiger partial charge in [-0.2, -0.15) is 0 Å². The minimum Gasteiger partial charge on any atom is -0.351 e. The number of rotatable bonds is 5. The number of hydrogen-bond donors (Lipinski definition) is 3. The van der Waals surface area contributed by atoms with Gasteiger partial charge in [0.1, 0.15) is 12.8 Å². The molecule has 0 radical (unpaired) electrons. The summed E-state index contributed by atoms with van der Waals surface area (Å²) in [6, 6.07) is -0.310. The van der Waals surface area contributed by atoms with E-state index in [-0.39, 0.29) is 30.6 Å². The molecule has 0 bridgehead atoms. The van der Waals surface area contributed by atoms with Gasteiger partial charge < -0.3 is 15.8 Å². The predicted molar refractivity (Wildman–Crippen MR) is 74.9 cm³/mol. The fraction of sp³-hybridized carbons (Fsp3) is 0.750. The van der Waals surface area contributed by atoms with Gasteiger partial charge in [0, 0.05) is 16.7 Å². The lowest BCUT2D eigenvalue weighted by atomic mass is 9.89. The molecule has 0 aromatic heterocycles. The smallest absolute Gasteiger partial charge is 0.351 e. The van der Waals surface area contributed by atoms with Crippen LogP contribution in [0.15, 0.2) is 12.3 Å². The summed E-state index contributed by atoms with van der Waals surface area (Å²) in [5.41, 5.74) is 5.62. The maximum absolute atomic E-state index is 12.0. The van der Waals surface area contributed by atoms with Gasteiger partial charge in [0.15, 0.2) is 0 Å². The van der Waals surface area contributed by atoms with Crippen LogP contribution < -0.4 is 11.1 Å². The van der Waals surface area contributed by atoms with Crippen molar-refractivity contribution in [2.45, 2.75) is 38.8 Å². The molecule has 1 saturated heterocycles. The molecule has 0 spiro atoms. The number of carbonyl (C=O) groups is 1. The number of amides is 2. The predicted octanol–water partition coefficient (Wildman–Crippen LogP) is 0.864. The van der Waals surface area contributed by atoms with E-state index in [4.69, 9.17) is 19.9 Å². The average Bonchev–Trinajstić information content (AvgIpc) is 2.72. The van der Waals surface area contributed by atoms with Crippen LogP contribution in [0.2, 0.25) is 0 Å². The first-order valence-corrected chi connectivity index (χ1v) is 8.04. The fourth-order valence-corrected chi connectivity index (χ4v) is 3.11. The SMILES string of the molecule is CCC1C(C)[C@@H](CO[P+](=O)O)O[C@H]1N1C=CC(N)NC1=O. The van der Waals surface area contributed by atoms with Crippen LogP contribution in [0.4, 0.5) is 4.79 Å². The summed E-state index contributed by atoms with van der Waals surface area (Å²) >= 11 is 0. The van der Waals surface area contributed by atoms with E-state index in [0.717, 1.165) is 6.42 Å². The van der Waals surface area contributed by atoms with Gasteiger partial charge in [-0.25, -0.2) is 4.79 Å². The number of nitrogens with zero attached hydrogens (tertiary/aromatic N) is 1. The molecule has 2 aliphatic rings. The molecule has 0 aromatic carbocycles. The Morgan fingerprint density at radius 2 is 2.33 bits per heavy atom. The summed E-state index contributed by atoms with van der Waals surface area (Å²) in [6.45, 7) is 4.03. The third-order valence-electron chi connectivity index (χ3n) is 4.02. The van der Waals surface area contributed by atoms with E-state index < -0.39 is 20.6 Å². The van der Waals surface area contributed by atoms with Crippen molar-refractivity contribution >= 4 is 14.3 Å². The molecule has 4 unspecified atom stereocenters. The number of hydrogen-bond acceptors (Lipinski definition) is 5. The van der Waals surface area contributed by atoms with E-state index in [9.17, 15) is 9.36 Å². The maximum atomic E-state index is 12.0. The summed E-state index contributed by atoms with van der Waals surface area (Å²) in [4.78, 5) is 22.2. The Kier molecular flexibility index (Phi) is 5.29. The molecular formula is C12H21N3O5P+. The summed E-state index contributed by atoms with van der Waals surface area (Å²) < 4.78 is 21.3. The Hall–Kier alpha value is -1.05. The third kappa shape index (κ3) is 3.59. The highest BCUT2D eigenvalue weighted by atomic mass is 31.1. The van der Waals surface area contributed by atoms with E-state index in [1.54, 1.807) is 12.3 Å². The highest BCUT2D eigenvalue weighted by Crippen LogP contribution is 2.38. The quantitative estimate of drug-likeness (QED) is 0.648. The Balaban J connectivity index is 2.10. The fourth-order valence-electron chi connectivity index (χ4n) is 2.83. The third-order valence-corrected chi connectivity index (χ3v) is 4.39. The monoisotopic (exact) mass is 318 g/mol. The molecular weight excluding hydrogens is 297 g/mol. The van der Waals surface area contributed by atoms with Crippen molar-refractivity contribution in [2.75, 3.05) is 6.61 Å². The average molecular weight is 318 g/mol. The standard InChI is InChI=1S/C12H20N3O5P/c1-3-8-7(2)9(6-19-21(17)18)20-11(8)15-5-4-10(13)14-12(15)16/h4-5,7-11H,3,6,13H2,1-2H3,(H-,14,16,17,18)/p+1/t7?,8?,9-,10?,11-/m1/s1. The van der Waals surface area contributed by atoms with Gasteiger partial charge in [0.05, 0.1) is 12.3 Å². The molecule has 2 aliphatic heterocycles.